The number of nitrogens with one attached hydrogen (secondary N) is 1. The van der Waals surface area contributed by atoms with Gasteiger partial charge in [0.1, 0.15) is 23.4 Å². The molecule has 36 heteroatoms. The number of aliphatic hydroxyl groups excluding tert-OH is 1. The smallest absolute Gasteiger partial charge is 1.00 e. The summed E-state index contributed by atoms with van der Waals surface area (Å²) in [4.78, 5) is 80.9. The van der Waals surface area contributed by atoms with Gasteiger partial charge in [-0.1, -0.05) is 0 Å². The van der Waals surface area contributed by atoms with Crippen molar-refractivity contribution in [1.82, 2.24) is 19.7 Å². The number of piperidine rings is 4. The third-order valence-corrected chi connectivity index (χ3v) is 10.7. The van der Waals surface area contributed by atoms with E-state index in [0.717, 1.165) is 12.5 Å². The van der Waals surface area contributed by atoms with E-state index in [0.29, 0.717) is 72.1 Å². The van der Waals surface area contributed by atoms with Crippen LogP contribution >= 0.6 is 10.7 Å². The Hall–Kier alpha value is -1.84. The summed E-state index contributed by atoms with van der Waals surface area (Å²) in [6.45, 7) is 9.98. The zero-order valence-electron chi connectivity index (χ0n) is 43.3. The first-order valence-electron chi connectivity index (χ1n) is 21.3. The van der Waals surface area contributed by atoms with Crippen molar-refractivity contribution >= 4 is 109 Å². The van der Waals surface area contributed by atoms with Crippen LogP contribution in [0.3, 0.4) is 0 Å². The van der Waals surface area contributed by atoms with Crippen LogP contribution in [-0.2, 0) is 85.5 Å². The number of ketones is 2. The van der Waals surface area contributed by atoms with E-state index in [1.54, 1.807) is 41.7 Å². The van der Waals surface area contributed by atoms with Crippen LogP contribution in [0.4, 0.5) is 0 Å². The van der Waals surface area contributed by atoms with Gasteiger partial charge in [0.05, 0.1) is 65.0 Å². The number of carbonyl (C=O) groups is 6. The van der Waals surface area contributed by atoms with Gasteiger partial charge >= 0.3 is 117 Å². The molecule has 4 heterocycles. The summed E-state index contributed by atoms with van der Waals surface area (Å²) in [6.07, 6.45) is 2.05. The average molecular weight is 1080 g/mol. The maximum atomic E-state index is 11.6. The fourth-order valence-corrected chi connectivity index (χ4v) is 7.16. The molecule has 26 nitrogen and oxygen atoms in total. The molecule has 0 saturated carbocycles. The molecule has 4 saturated heterocycles. The molecular weight excluding hydrogens is 1020 g/mol. The van der Waals surface area contributed by atoms with E-state index in [2.05, 4.69) is 44.6 Å². The molecule has 398 valence electrons. The van der Waals surface area contributed by atoms with Crippen LogP contribution in [0.2, 0.25) is 27.3 Å². The Morgan fingerprint density at radius 3 is 1.59 bits per heavy atom. The molecule has 6 atom stereocenters. The quantitative estimate of drug-likeness (QED) is 0.0132. The molecule has 4 aliphatic rings. The van der Waals surface area contributed by atoms with Gasteiger partial charge in [-0.3, -0.25) is 33.0 Å². The number of Topliss-reactive ketones (excluding diaryl/α,β-unsaturated/α-hetero) is 2. The van der Waals surface area contributed by atoms with E-state index in [4.69, 9.17) is 4.18 Å². The summed E-state index contributed by atoms with van der Waals surface area (Å²) in [7, 11) is 2.83. The number of methoxy groups -OCH3 is 4. The predicted octanol–water partition coefficient (Wildman–Crippen LogP) is -7.08. The topological polar surface area (TPSA) is 355 Å². The summed E-state index contributed by atoms with van der Waals surface area (Å²) < 4.78 is 73.6. The zero-order valence-corrected chi connectivity index (χ0v) is 46.7. The van der Waals surface area contributed by atoms with Gasteiger partial charge < -0.3 is 60.3 Å². The minimum atomic E-state index is -3.62. The first-order chi connectivity index (χ1) is 32.0. The van der Waals surface area contributed by atoms with Crippen molar-refractivity contribution in [2.45, 2.75) is 65.2 Å². The first kappa shape index (κ1) is 75.7. The third-order valence-electron chi connectivity index (χ3n) is 10.1. The summed E-state index contributed by atoms with van der Waals surface area (Å²) in [5.41, 5.74) is 0. The monoisotopic (exact) mass is 1080 g/mol. The Bertz CT molecular complexity index is 1810. The normalized spacial score (nSPS) is 22.2. The van der Waals surface area contributed by atoms with Gasteiger partial charge in [-0.2, -0.15) is 8.42 Å². The molecule has 71 heavy (non-hydrogen) atoms. The standard InChI is InChI=1S/C9H18BNO6S.C8H16BNO4.C8H14BNO4.C7H11NO3.C2H5B2O3.CH3ClO2S.B.Na.H/c1-10(13)11-5-4-8(17-18(3,14)15)7(6-11)9(12)16-2;2*1-9(13)10-4-3-7(11)6(5-10)8(12)14-2;1-11-7(10)5-4-8-3-2-6(5)9;1-3-7-6-2-4-5;1-5(2,3)4;;;/h7-8,13H,4-6H2,1-3H3;6-7,11,13H,3-5H2,1-2H3;6,13H,3-5H2,1-2H3;5,8H,2-4H2,1H3;2H2,1H3;1H3;;;/q;;;;;;;+1;-1. The largest absolute Gasteiger partial charge is 1.00 e. The van der Waals surface area contributed by atoms with Crippen LogP contribution in [0, 0.1) is 23.7 Å². The molecule has 4 radical (unpaired) electrons. The van der Waals surface area contributed by atoms with E-state index in [-0.39, 0.29) is 70.6 Å². The molecule has 0 amide bonds. The van der Waals surface area contributed by atoms with Crippen molar-refractivity contribution in [2.75, 3.05) is 99.8 Å². The van der Waals surface area contributed by atoms with Crippen molar-refractivity contribution in [3.05, 3.63) is 0 Å². The fraction of sp³-hybridized carbons (Fsp3) is 0.829. The number of hydrogen-bond acceptors (Lipinski definition) is 26. The van der Waals surface area contributed by atoms with Gasteiger partial charge in [0.25, 0.3) is 10.1 Å². The zero-order chi connectivity index (χ0) is 53.7. The number of halogens is 1. The van der Waals surface area contributed by atoms with Gasteiger partial charge in [-0.25, -0.2) is 8.42 Å². The van der Waals surface area contributed by atoms with Crippen LogP contribution in [0.25, 0.3) is 0 Å². The molecule has 0 aliphatic carbocycles. The maximum Gasteiger partial charge on any atom is 1.00 e. The number of nitrogens with zero attached hydrogens (tertiary/aromatic N) is 3. The van der Waals surface area contributed by atoms with E-state index in [1.807, 2.05) is 0 Å². The molecule has 4 rings (SSSR count). The van der Waals surface area contributed by atoms with Crippen LogP contribution < -0.4 is 34.9 Å². The predicted molar refractivity (Wildman–Crippen MR) is 258 cm³/mol. The molecule has 0 spiro atoms. The molecule has 0 aromatic carbocycles. The van der Waals surface area contributed by atoms with Crippen molar-refractivity contribution in [3.8, 4) is 0 Å². The second kappa shape index (κ2) is 40.5. The molecule has 6 unspecified atom stereocenters. The van der Waals surface area contributed by atoms with Crippen molar-refractivity contribution < 1.29 is 134 Å². The minimum absolute atomic E-state index is 0. The van der Waals surface area contributed by atoms with E-state index in [9.17, 15) is 70.5 Å². The van der Waals surface area contributed by atoms with Gasteiger partial charge in [-0.15, -0.1) is 0 Å². The SMILES string of the molecule is COC(=O)C1CN(B(C)O)CCC1=O.COC(=O)C1CN(B(C)O)CCC1O.COC(=O)C1CN(B(C)O)CCC1OS(C)(=O)=O.COC(=O)C1CNCCC1=O.CS(=O)(=O)Cl.C[B]OOCB=O.[B].[H-].[Na+]. The Kier molecular flexibility index (Phi) is 43.1. The van der Waals surface area contributed by atoms with Gasteiger partial charge in [-0.05, 0) is 52.9 Å². The second-order valence-corrected chi connectivity index (χ2v) is 20.0. The number of ether oxygens (including phenoxy) is 4. The average Bonchev–Trinajstić information content (AvgIpc) is 3.28. The van der Waals surface area contributed by atoms with Gasteiger partial charge in [0, 0.05) is 64.7 Å². The molecule has 0 bridgehead atoms. The fourth-order valence-electron chi connectivity index (χ4n) is 6.48. The van der Waals surface area contributed by atoms with E-state index < -0.39 is 100 Å². The molecule has 0 aromatic rings. The molecular formula is C35H68B6ClN4NaO22S2. The number of hydrogen-bond donors (Lipinski definition) is 5. The Labute approximate surface area is 449 Å². The third kappa shape index (κ3) is 34.4. The van der Waals surface area contributed by atoms with Crippen LogP contribution in [0.15, 0.2) is 0 Å². The Balaban J connectivity index is -0.000000256. The van der Waals surface area contributed by atoms with Crippen LogP contribution in [-0.4, -0.2) is 243 Å². The first-order valence-corrected chi connectivity index (χ1v) is 25.9. The molecule has 0 aromatic heterocycles. The number of carbonyl (C=O) groups excluding carboxylic acids is 6. The van der Waals surface area contributed by atoms with E-state index in [1.165, 1.54) is 35.9 Å². The summed E-state index contributed by atoms with van der Waals surface area (Å²) in [6, 6.07) is 0. The summed E-state index contributed by atoms with van der Waals surface area (Å²) >= 11 is 0. The Morgan fingerprint density at radius 1 is 0.746 bits per heavy atom. The summed E-state index contributed by atoms with van der Waals surface area (Å²) in [5.74, 6) is -4.57. The van der Waals surface area contributed by atoms with Crippen LogP contribution in [0.1, 0.15) is 27.1 Å². The molecule has 5 N–H and O–H groups in total. The van der Waals surface area contributed by atoms with E-state index >= 15 is 0 Å². The van der Waals surface area contributed by atoms with Crippen molar-refractivity contribution in [3.63, 3.8) is 0 Å². The second-order valence-electron chi connectivity index (χ2n) is 15.4. The number of esters is 4. The summed E-state index contributed by atoms with van der Waals surface area (Å²) in [5, 5.41) is 40.6. The number of rotatable bonds is 13. The number of aliphatic hydroxyl groups is 1. The Morgan fingerprint density at radius 2 is 1.17 bits per heavy atom. The molecule has 4 fully saturated rings. The van der Waals surface area contributed by atoms with Gasteiger partial charge in [0.2, 0.25) is 9.05 Å². The van der Waals surface area contributed by atoms with Gasteiger partial charge in [0.15, 0.2) is 0 Å². The minimum Gasteiger partial charge on any atom is -1.00 e. The van der Waals surface area contributed by atoms with Crippen LogP contribution in [0.5, 0.6) is 0 Å². The van der Waals surface area contributed by atoms with Crippen molar-refractivity contribution in [1.29, 1.82) is 0 Å². The maximum absolute atomic E-state index is 11.6. The van der Waals surface area contributed by atoms with Crippen molar-refractivity contribution in [2.24, 2.45) is 23.7 Å². The molecule has 4 aliphatic heterocycles.